The first kappa shape index (κ1) is 11.7. The molecule has 1 aliphatic heterocycles. The van der Waals surface area contributed by atoms with E-state index in [9.17, 15) is 0 Å². The molecule has 2 aromatic heterocycles. The van der Waals surface area contributed by atoms with Gasteiger partial charge in [0.2, 0.25) is 0 Å². The summed E-state index contributed by atoms with van der Waals surface area (Å²) in [5, 5.41) is 4.80. The van der Waals surface area contributed by atoms with Crippen molar-refractivity contribution in [3.63, 3.8) is 0 Å². The van der Waals surface area contributed by atoms with Gasteiger partial charge in [-0.05, 0) is 37.0 Å². The molecule has 0 aromatic carbocycles. The van der Waals surface area contributed by atoms with Crippen LogP contribution in [-0.4, -0.2) is 29.2 Å². The van der Waals surface area contributed by atoms with Gasteiger partial charge in [0.25, 0.3) is 0 Å². The lowest BCUT2D eigenvalue weighted by Crippen LogP contribution is -2.33. The highest BCUT2D eigenvalue weighted by molar-refractivity contribution is 5.79. The van der Waals surface area contributed by atoms with Crippen LogP contribution in [0.5, 0.6) is 0 Å². The Bertz CT molecular complexity index is 516. The van der Waals surface area contributed by atoms with Gasteiger partial charge >= 0.3 is 0 Å². The topological polar surface area (TPSA) is 49.9 Å². The van der Waals surface area contributed by atoms with E-state index in [1.165, 1.54) is 17.4 Å². The summed E-state index contributed by atoms with van der Waals surface area (Å²) in [6.45, 7) is 4.92. The van der Waals surface area contributed by atoms with Gasteiger partial charge in [0.1, 0.15) is 5.65 Å². The molecule has 2 N–H and O–H groups in total. The van der Waals surface area contributed by atoms with Crippen molar-refractivity contribution in [3.8, 4) is 0 Å². The summed E-state index contributed by atoms with van der Waals surface area (Å²) in [4.78, 5) is 7.51. The summed E-state index contributed by atoms with van der Waals surface area (Å²) in [5.41, 5.74) is 2.25. The molecule has 1 aliphatic rings. The van der Waals surface area contributed by atoms with Crippen molar-refractivity contribution in [2.24, 2.45) is 5.92 Å². The van der Waals surface area contributed by atoms with Crippen LogP contribution in [-0.2, 0) is 11.3 Å². The van der Waals surface area contributed by atoms with E-state index in [0.29, 0.717) is 12.0 Å². The average Bonchev–Trinajstić information content (AvgIpc) is 3.06. The number of aromatic amines is 1. The Morgan fingerprint density at radius 1 is 1.61 bits per heavy atom. The Morgan fingerprint density at radius 2 is 2.56 bits per heavy atom. The standard InChI is InChI=1S/C14H19N3O/c1-10(11-4-6-18-9-11)16-7-12-8-17-14-13(12)3-2-5-15-14/h2-3,5,8,10-11,16H,4,6-7,9H2,1H3,(H,15,17). The van der Waals surface area contributed by atoms with Gasteiger partial charge in [0.15, 0.2) is 0 Å². The van der Waals surface area contributed by atoms with Crippen LogP contribution in [0.25, 0.3) is 11.0 Å². The van der Waals surface area contributed by atoms with Gasteiger partial charge < -0.3 is 15.0 Å². The highest BCUT2D eigenvalue weighted by Gasteiger charge is 2.21. The van der Waals surface area contributed by atoms with E-state index in [0.717, 1.165) is 25.4 Å². The number of nitrogens with one attached hydrogen (secondary N) is 2. The summed E-state index contributed by atoms with van der Waals surface area (Å²) >= 11 is 0. The van der Waals surface area contributed by atoms with Gasteiger partial charge in [-0.2, -0.15) is 0 Å². The number of nitrogens with zero attached hydrogens (tertiary/aromatic N) is 1. The molecule has 1 saturated heterocycles. The molecule has 1 fully saturated rings. The normalized spacial score (nSPS) is 21.5. The Kier molecular flexibility index (Phi) is 3.30. The molecular weight excluding hydrogens is 226 g/mol. The van der Waals surface area contributed by atoms with Crippen molar-refractivity contribution in [2.45, 2.75) is 25.9 Å². The third-order valence-electron chi connectivity index (χ3n) is 3.82. The third kappa shape index (κ3) is 2.26. The highest BCUT2D eigenvalue weighted by atomic mass is 16.5. The largest absolute Gasteiger partial charge is 0.381 e. The fourth-order valence-corrected chi connectivity index (χ4v) is 2.54. The molecule has 0 saturated carbocycles. The van der Waals surface area contributed by atoms with E-state index < -0.39 is 0 Å². The Labute approximate surface area is 107 Å². The van der Waals surface area contributed by atoms with Crippen LogP contribution in [0.4, 0.5) is 0 Å². The van der Waals surface area contributed by atoms with Crippen LogP contribution in [0.1, 0.15) is 18.9 Å². The molecule has 0 bridgehead atoms. The maximum Gasteiger partial charge on any atom is 0.137 e. The SMILES string of the molecule is CC(NCc1c[nH]c2ncccc12)C1CCOC1. The fraction of sp³-hybridized carbons (Fsp3) is 0.500. The molecule has 3 heterocycles. The fourth-order valence-electron chi connectivity index (χ4n) is 2.54. The van der Waals surface area contributed by atoms with Crippen molar-refractivity contribution in [2.75, 3.05) is 13.2 Å². The second-order valence-corrected chi connectivity index (χ2v) is 5.01. The maximum absolute atomic E-state index is 5.43. The highest BCUT2D eigenvalue weighted by Crippen LogP contribution is 2.19. The van der Waals surface area contributed by atoms with Crippen molar-refractivity contribution in [1.29, 1.82) is 0 Å². The molecule has 0 spiro atoms. The van der Waals surface area contributed by atoms with Crippen molar-refractivity contribution >= 4 is 11.0 Å². The van der Waals surface area contributed by atoms with Crippen molar-refractivity contribution in [3.05, 3.63) is 30.1 Å². The lowest BCUT2D eigenvalue weighted by Gasteiger charge is -2.18. The molecule has 4 nitrogen and oxygen atoms in total. The van der Waals surface area contributed by atoms with Gasteiger partial charge in [-0.3, -0.25) is 0 Å². The number of fused-ring (bicyclic) bond motifs is 1. The van der Waals surface area contributed by atoms with Crippen LogP contribution < -0.4 is 5.32 Å². The first-order chi connectivity index (χ1) is 8.84. The zero-order valence-electron chi connectivity index (χ0n) is 10.6. The second kappa shape index (κ2) is 5.08. The lowest BCUT2D eigenvalue weighted by molar-refractivity contribution is 0.178. The number of ether oxygens (including phenoxy) is 1. The van der Waals surface area contributed by atoms with E-state index in [2.05, 4.69) is 28.3 Å². The lowest BCUT2D eigenvalue weighted by atomic mass is 10.0. The molecule has 2 aromatic rings. The molecule has 0 aliphatic carbocycles. The molecule has 0 radical (unpaired) electrons. The smallest absolute Gasteiger partial charge is 0.137 e. The van der Waals surface area contributed by atoms with E-state index >= 15 is 0 Å². The summed E-state index contributed by atoms with van der Waals surface area (Å²) in [5.74, 6) is 0.647. The van der Waals surface area contributed by atoms with Crippen molar-refractivity contribution in [1.82, 2.24) is 15.3 Å². The van der Waals surface area contributed by atoms with Gasteiger partial charge in [0, 0.05) is 37.0 Å². The van der Waals surface area contributed by atoms with Crippen LogP contribution in [0.2, 0.25) is 0 Å². The monoisotopic (exact) mass is 245 g/mol. The minimum atomic E-state index is 0.495. The Balaban J connectivity index is 1.65. The molecule has 0 amide bonds. The van der Waals surface area contributed by atoms with Crippen LogP contribution in [0.3, 0.4) is 0 Å². The van der Waals surface area contributed by atoms with E-state index in [1.54, 1.807) is 0 Å². The molecule has 2 atom stereocenters. The van der Waals surface area contributed by atoms with E-state index in [-0.39, 0.29) is 0 Å². The van der Waals surface area contributed by atoms with Crippen molar-refractivity contribution < 1.29 is 4.74 Å². The first-order valence-electron chi connectivity index (χ1n) is 6.56. The predicted octanol–water partition coefficient (Wildman–Crippen LogP) is 2.08. The molecule has 96 valence electrons. The van der Waals surface area contributed by atoms with E-state index in [1.807, 2.05) is 18.5 Å². The quantitative estimate of drug-likeness (QED) is 0.867. The zero-order chi connectivity index (χ0) is 12.4. The zero-order valence-corrected chi connectivity index (χ0v) is 10.6. The number of hydrogen-bond donors (Lipinski definition) is 2. The van der Waals surface area contributed by atoms with Crippen LogP contribution in [0.15, 0.2) is 24.5 Å². The molecule has 2 unspecified atom stereocenters. The minimum absolute atomic E-state index is 0.495. The Morgan fingerprint density at radius 3 is 3.39 bits per heavy atom. The second-order valence-electron chi connectivity index (χ2n) is 5.01. The molecule has 4 heteroatoms. The average molecular weight is 245 g/mol. The minimum Gasteiger partial charge on any atom is -0.381 e. The van der Waals surface area contributed by atoms with Crippen LogP contribution in [0, 0.1) is 5.92 Å². The number of aromatic nitrogens is 2. The number of pyridine rings is 1. The number of H-pyrrole nitrogens is 1. The van der Waals surface area contributed by atoms with Gasteiger partial charge in [-0.1, -0.05) is 0 Å². The summed E-state index contributed by atoms with van der Waals surface area (Å²) in [7, 11) is 0. The van der Waals surface area contributed by atoms with Gasteiger partial charge in [-0.15, -0.1) is 0 Å². The Hall–Kier alpha value is -1.39. The maximum atomic E-state index is 5.43. The summed E-state index contributed by atoms with van der Waals surface area (Å²) < 4.78 is 5.43. The number of rotatable bonds is 4. The van der Waals surface area contributed by atoms with Gasteiger partial charge in [0.05, 0.1) is 6.61 Å². The van der Waals surface area contributed by atoms with E-state index in [4.69, 9.17) is 4.74 Å². The number of hydrogen-bond acceptors (Lipinski definition) is 3. The first-order valence-corrected chi connectivity index (χ1v) is 6.56. The van der Waals surface area contributed by atoms with Crippen LogP contribution >= 0.6 is 0 Å². The molecule has 18 heavy (non-hydrogen) atoms. The third-order valence-corrected chi connectivity index (χ3v) is 3.82. The molecular formula is C14H19N3O. The predicted molar refractivity (Wildman–Crippen MR) is 71.3 cm³/mol. The summed E-state index contributed by atoms with van der Waals surface area (Å²) in [6.07, 6.45) is 5.03. The molecule has 3 rings (SSSR count). The van der Waals surface area contributed by atoms with Gasteiger partial charge in [-0.25, -0.2) is 4.98 Å². The summed E-state index contributed by atoms with van der Waals surface area (Å²) in [6, 6.07) is 4.58.